The van der Waals surface area contributed by atoms with Crippen molar-refractivity contribution in [3.05, 3.63) is 39.7 Å². The van der Waals surface area contributed by atoms with Crippen LogP contribution in [-0.4, -0.2) is 36.0 Å². The van der Waals surface area contributed by atoms with Crippen LogP contribution in [0.4, 0.5) is 0 Å². The van der Waals surface area contributed by atoms with Crippen molar-refractivity contribution >= 4 is 16.9 Å². The monoisotopic (exact) mass is 384 g/mol. The number of rotatable bonds is 4. The molecule has 2 unspecified atom stereocenters. The summed E-state index contributed by atoms with van der Waals surface area (Å²) in [5.74, 6) is 1.38. The molecule has 1 saturated carbocycles. The first kappa shape index (κ1) is 19.0. The minimum Gasteiger partial charge on any atom is -0.480 e. The van der Waals surface area contributed by atoms with Gasteiger partial charge < -0.3 is 19.8 Å². The van der Waals surface area contributed by atoms with Gasteiger partial charge in [-0.2, -0.15) is 0 Å². The Morgan fingerprint density at radius 2 is 1.96 bits per heavy atom. The highest BCUT2D eigenvalue weighted by Crippen LogP contribution is 2.36. The summed E-state index contributed by atoms with van der Waals surface area (Å²) in [6, 6.07) is 5.46. The number of fused-ring (bicyclic) bond motifs is 3. The number of aryl methyl sites for hydroxylation is 2. The van der Waals surface area contributed by atoms with Gasteiger partial charge in [-0.1, -0.05) is 6.92 Å². The Bertz CT molecular complexity index is 953. The lowest BCUT2D eigenvalue weighted by Gasteiger charge is -2.37. The van der Waals surface area contributed by atoms with E-state index in [1.807, 2.05) is 30.9 Å². The van der Waals surface area contributed by atoms with Crippen molar-refractivity contribution in [1.29, 1.82) is 0 Å². The minimum atomic E-state index is -0.615. The van der Waals surface area contributed by atoms with E-state index in [-0.39, 0.29) is 17.6 Å². The Morgan fingerprint density at radius 3 is 2.61 bits per heavy atom. The zero-order valence-corrected chi connectivity index (χ0v) is 16.7. The molecule has 0 spiro atoms. The number of amides is 1. The van der Waals surface area contributed by atoms with Gasteiger partial charge in [-0.3, -0.25) is 4.79 Å². The summed E-state index contributed by atoms with van der Waals surface area (Å²) in [4.78, 5) is 26.8. The van der Waals surface area contributed by atoms with Crippen LogP contribution in [0.15, 0.2) is 27.4 Å². The number of carbonyl (C=O) groups is 1. The van der Waals surface area contributed by atoms with E-state index in [9.17, 15) is 9.59 Å². The fourth-order valence-corrected chi connectivity index (χ4v) is 4.78. The third-order valence-electron chi connectivity index (χ3n) is 6.28. The summed E-state index contributed by atoms with van der Waals surface area (Å²) >= 11 is 0. The molecule has 150 valence electrons. The van der Waals surface area contributed by atoms with E-state index in [1.54, 1.807) is 6.92 Å². The molecular weight excluding hydrogens is 356 g/mol. The van der Waals surface area contributed by atoms with E-state index in [0.717, 1.165) is 29.4 Å². The highest BCUT2D eigenvalue weighted by molar-refractivity contribution is 5.88. The molecule has 1 aromatic heterocycles. The Kier molecular flexibility index (Phi) is 4.91. The standard InChI is InChI=1S/C22H28N2O4/c1-4-14-9-19(25)28-18-8-12(2)7-17(20(14)18)27-13(3)22(26)24-10-15-5-6-16(11-24)21(15)23/h7-9,13,15-16,21H,4-6,10-11,23H2,1-3H3/t13?,15-,16+,21?. The fraction of sp³-hybridized carbons (Fsp3) is 0.545. The first-order chi connectivity index (χ1) is 13.4. The molecule has 2 aliphatic rings. The molecule has 1 amide bonds. The molecule has 6 heteroatoms. The molecule has 2 N–H and O–H groups in total. The molecule has 6 nitrogen and oxygen atoms in total. The lowest BCUT2D eigenvalue weighted by atomic mass is 9.93. The Morgan fingerprint density at radius 1 is 1.29 bits per heavy atom. The van der Waals surface area contributed by atoms with Crippen LogP contribution in [0.3, 0.4) is 0 Å². The van der Waals surface area contributed by atoms with Crippen molar-refractivity contribution in [3.8, 4) is 5.75 Å². The topological polar surface area (TPSA) is 85.8 Å². The lowest BCUT2D eigenvalue weighted by molar-refractivity contribution is -0.140. The molecule has 0 radical (unpaired) electrons. The number of piperidine rings is 1. The molecule has 4 rings (SSSR count). The average molecular weight is 384 g/mol. The second kappa shape index (κ2) is 7.24. The molecule has 1 aromatic carbocycles. The Hall–Kier alpha value is -2.34. The van der Waals surface area contributed by atoms with E-state index in [2.05, 4.69) is 0 Å². The second-order valence-corrected chi connectivity index (χ2v) is 8.26. The van der Waals surface area contributed by atoms with Gasteiger partial charge >= 0.3 is 5.63 Å². The molecule has 28 heavy (non-hydrogen) atoms. The summed E-state index contributed by atoms with van der Waals surface area (Å²) in [6.07, 6.45) is 2.27. The molecule has 2 bridgehead atoms. The summed E-state index contributed by atoms with van der Waals surface area (Å²) in [5, 5.41) is 0.771. The predicted octanol–water partition coefficient (Wildman–Crippen LogP) is 2.63. The van der Waals surface area contributed by atoms with Gasteiger partial charge in [0.15, 0.2) is 6.10 Å². The van der Waals surface area contributed by atoms with E-state index in [0.29, 0.717) is 42.7 Å². The first-order valence-corrected chi connectivity index (χ1v) is 10.2. The lowest BCUT2D eigenvalue weighted by Crippen LogP contribution is -2.53. The highest BCUT2D eigenvalue weighted by atomic mass is 16.5. The maximum atomic E-state index is 13.0. The molecule has 1 aliphatic carbocycles. The van der Waals surface area contributed by atoms with E-state index in [4.69, 9.17) is 14.9 Å². The second-order valence-electron chi connectivity index (χ2n) is 8.26. The van der Waals surface area contributed by atoms with Gasteiger partial charge in [0, 0.05) is 25.2 Å². The van der Waals surface area contributed by atoms with Crippen molar-refractivity contribution in [2.75, 3.05) is 13.1 Å². The van der Waals surface area contributed by atoms with Crippen molar-refractivity contribution in [2.45, 2.75) is 52.2 Å². The Labute approximate surface area is 164 Å². The minimum absolute atomic E-state index is 0.00566. The zero-order chi connectivity index (χ0) is 20.0. The SMILES string of the molecule is CCc1cc(=O)oc2cc(C)cc(OC(C)C(=O)N3C[C@H]4CC[C@@H](C3)C4N)c12. The van der Waals surface area contributed by atoms with Crippen LogP contribution in [-0.2, 0) is 11.2 Å². The third kappa shape index (κ3) is 3.30. The Balaban J connectivity index is 1.61. The number of hydrogen-bond donors (Lipinski definition) is 1. The van der Waals surface area contributed by atoms with Crippen LogP contribution in [0.25, 0.3) is 11.0 Å². The largest absolute Gasteiger partial charge is 0.480 e. The van der Waals surface area contributed by atoms with Gasteiger partial charge in [-0.25, -0.2) is 4.79 Å². The van der Waals surface area contributed by atoms with Crippen LogP contribution < -0.4 is 16.1 Å². The van der Waals surface area contributed by atoms with E-state index < -0.39 is 6.10 Å². The van der Waals surface area contributed by atoms with Crippen molar-refractivity contribution < 1.29 is 13.9 Å². The summed E-state index contributed by atoms with van der Waals surface area (Å²) < 4.78 is 11.5. The zero-order valence-electron chi connectivity index (χ0n) is 16.7. The predicted molar refractivity (Wildman–Crippen MR) is 107 cm³/mol. The number of benzene rings is 1. The number of likely N-dealkylation sites (tertiary alicyclic amines) is 1. The maximum absolute atomic E-state index is 13.0. The van der Waals surface area contributed by atoms with Crippen LogP contribution in [0.5, 0.6) is 5.75 Å². The van der Waals surface area contributed by atoms with E-state index in [1.165, 1.54) is 6.07 Å². The summed E-state index contributed by atoms with van der Waals surface area (Å²) in [6.45, 7) is 7.12. The van der Waals surface area contributed by atoms with Gasteiger partial charge in [-0.15, -0.1) is 0 Å². The van der Waals surface area contributed by atoms with Gasteiger partial charge in [0.05, 0.1) is 5.39 Å². The van der Waals surface area contributed by atoms with Gasteiger partial charge in [0.25, 0.3) is 5.91 Å². The van der Waals surface area contributed by atoms with Gasteiger partial charge in [-0.05, 0) is 68.2 Å². The van der Waals surface area contributed by atoms with Crippen molar-refractivity contribution in [2.24, 2.45) is 17.6 Å². The molecule has 2 fully saturated rings. The molecule has 2 heterocycles. The van der Waals surface area contributed by atoms with Crippen molar-refractivity contribution in [3.63, 3.8) is 0 Å². The summed E-state index contributed by atoms with van der Waals surface area (Å²) in [7, 11) is 0. The van der Waals surface area contributed by atoms with Gasteiger partial charge in [0.2, 0.25) is 0 Å². The summed E-state index contributed by atoms with van der Waals surface area (Å²) in [5.41, 5.74) is 8.18. The molecular formula is C22H28N2O4. The smallest absolute Gasteiger partial charge is 0.336 e. The number of carbonyl (C=O) groups excluding carboxylic acids is 1. The fourth-order valence-electron chi connectivity index (χ4n) is 4.78. The van der Waals surface area contributed by atoms with Crippen LogP contribution in [0.1, 0.15) is 37.8 Å². The third-order valence-corrected chi connectivity index (χ3v) is 6.28. The van der Waals surface area contributed by atoms with Crippen LogP contribution in [0, 0.1) is 18.8 Å². The molecule has 4 atom stereocenters. The average Bonchev–Trinajstić information content (AvgIpc) is 2.86. The first-order valence-electron chi connectivity index (χ1n) is 10.2. The quantitative estimate of drug-likeness (QED) is 0.819. The number of hydrogen-bond acceptors (Lipinski definition) is 5. The molecule has 2 aromatic rings. The van der Waals surface area contributed by atoms with Gasteiger partial charge in [0.1, 0.15) is 11.3 Å². The normalized spacial score (nSPS) is 25.1. The number of ether oxygens (including phenoxy) is 1. The van der Waals surface area contributed by atoms with Crippen LogP contribution in [0.2, 0.25) is 0 Å². The van der Waals surface area contributed by atoms with Crippen molar-refractivity contribution in [1.82, 2.24) is 4.90 Å². The number of nitrogens with two attached hydrogens (primary N) is 1. The highest BCUT2D eigenvalue weighted by Gasteiger charge is 2.42. The number of nitrogens with zero attached hydrogens (tertiary/aromatic N) is 1. The molecule has 1 saturated heterocycles. The maximum Gasteiger partial charge on any atom is 0.336 e. The molecule has 1 aliphatic heterocycles. The van der Waals surface area contributed by atoms with E-state index >= 15 is 0 Å². The van der Waals surface area contributed by atoms with Crippen LogP contribution >= 0.6 is 0 Å².